The third-order valence-electron chi connectivity index (χ3n) is 9.34. The molecule has 1 fully saturated rings. The van der Waals surface area contributed by atoms with Crippen molar-refractivity contribution in [3.63, 3.8) is 0 Å². The Hall–Kier alpha value is -1.37. The maximum absolute atomic E-state index is 6.75. The minimum Gasteiger partial charge on any atom is -0.414 e. The first kappa shape index (κ1) is 36.1. The molecular weight excluding hydrogens is 573 g/mol. The fraction of sp³-hybridized carbons (Fsp3) is 0.657. The molecule has 1 aliphatic heterocycles. The van der Waals surface area contributed by atoms with E-state index in [1.54, 1.807) is 0 Å². The molecule has 0 saturated carbocycles. The first-order valence-electron chi connectivity index (χ1n) is 15.8. The highest BCUT2D eigenvalue weighted by Crippen LogP contribution is 2.40. The molecule has 3 rings (SSSR count). The molecule has 0 aliphatic carbocycles. The van der Waals surface area contributed by atoms with Gasteiger partial charge in [-0.1, -0.05) is 102 Å². The third-order valence-corrected chi connectivity index (χ3v) is 18.3. The van der Waals surface area contributed by atoms with E-state index >= 15 is 0 Å². The summed E-state index contributed by atoms with van der Waals surface area (Å²) in [6.07, 6.45) is -1.55. The molecule has 0 unspecified atom stereocenters. The normalized spacial score (nSPS) is 21.1. The Balaban J connectivity index is 1.93. The summed E-state index contributed by atoms with van der Waals surface area (Å²) >= 11 is 0. The quantitative estimate of drug-likeness (QED) is 0.195. The lowest BCUT2D eigenvalue weighted by Gasteiger charge is -2.40. The van der Waals surface area contributed by atoms with Gasteiger partial charge in [-0.3, -0.25) is 0 Å². The molecule has 0 radical (unpaired) electrons. The summed E-state index contributed by atoms with van der Waals surface area (Å²) < 4.78 is 40.1. The topological polar surface area (TPSA) is 55.4 Å². The van der Waals surface area contributed by atoms with Crippen molar-refractivity contribution in [3.8, 4) is 0 Å². The van der Waals surface area contributed by atoms with E-state index in [1.807, 2.05) is 50.2 Å². The smallest absolute Gasteiger partial charge is 0.192 e. The predicted octanol–water partition coefficient (Wildman–Crippen LogP) is 8.72. The lowest BCUT2D eigenvalue weighted by Crippen LogP contribution is -2.51. The van der Waals surface area contributed by atoms with Crippen LogP contribution in [0.3, 0.4) is 0 Å². The largest absolute Gasteiger partial charge is 0.414 e. The van der Waals surface area contributed by atoms with Crippen LogP contribution in [0, 0.1) is 0 Å². The molecule has 43 heavy (non-hydrogen) atoms. The van der Waals surface area contributed by atoms with Crippen molar-refractivity contribution >= 4 is 16.6 Å². The Kier molecular flexibility index (Phi) is 12.1. The van der Waals surface area contributed by atoms with E-state index in [9.17, 15) is 0 Å². The summed E-state index contributed by atoms with van der Waals surface area (Å²) in [4.78, 5) is 0. The molecule has 1 heterocycles. The molecule has 0 spiro atoms. The standard InChI is InChI=1S/C35H58O6Si2/c1-33(2,3)42(9,10)38-25-29(36-23-27-19-15-13-16-20-27)31-32(41-35(7,8)40-31)30(26-39-43(11,12)34(4,5)6)37-24-28-21-17-14-18-22-28/h13-22,29-32H,23-26H2,1-12H3/t29-,30-,31-,32-/m0/s1. The minimum atomic E-state index is -2.06. The molecule has 2 aromatic carbocycles. The fourth-order valence-electron chi connectivity index (χ4n) is 4.44. The number of rotatable bonds is 14. The minimum absolute atomic E-state index is 0.0705. The molecule has 0 amide bonds. The zero-order valence-corrected chi connectivity index (χ0v) is 30.9. The molecule has 1 aliphatic rings. The highest BCUT2D eigenvalue weighted by molar-refractivity contribution is 6.74. The van der Waals surface area contributed by atoms with Crippen molar-refractivity contribution in [2.75, 3.05) is 13.2 Å². The Labute approximate surface area is 264 Å². The second kappa shape index (κ2) is 14.4. The van der Waals surface area contributed by atoms with E-state index in [0.717, 1.165) is 11.1 Å². The second-order valence-corrected chi connectivity index (χ2v) is 25.0. The summed E-state index contributed by atoms with van der Waals surface area (Å²) in [5.74, 6) is -0.813. The van der Waals surface area contributed by atoms with Gasteiger partial charge in [-0.15, -0.1) is 0 Å². The van der Waals surface area contributed by atoms with Crippen LogP contribution in [0.15, 0.2) is 60.7 Å². The van der Waals surface area contributed by atoms with Crippen LogP contribution in [0.1, 0.15) is 66.5 Å². The molecule has 242 valence electrons. The van der Waals surface area contributed by atoms with Gasteiger partial charge in [0.2, 0.25) is 0 Å². The molecule has 0 bridgehead atoms. The van der Waals surface area contributed by atoms with Crippen molar-refractivity contribution < 1.29 is 27.8 Å². The van der Waals surface area contributed by atoms with Gasteiger partial charge in [0, 0.05) is 0 Å². The number of hydrogen-bond donors (Lipinski definition) is 0. The van der Waals surface area contributed by atoms with Gasteiger partial charge in [0.25, 0.3) is 0 Å². The first-order valence-corrected chi connectivity index (χ1v) is 21.6. The molecule has 1 saturated heterocycles. The van der Waals surface area contributed by atoms with Gasteiger partial charge in [0.1, 0.15) is 24.4 Å². The number of ether oxygens (including phenoxy) is 4. The van der Waals surface area contributed by atoms with E-state index in [-0.39, 0.29) is 22.3 Å². The van der Waals surface area contributed by atoms with Crippen molar-refractivity contribution in [2.24, 2.45) is 0 Å². The van der Waals surface area contributed by atoms with E-state index in [0.29, 0.717) is 26.4 Å². The lowest BCUT2D eigenvalue weighted by molar-refractivity contribution is -0.169. The Morgan fingerprint density at radius 3 is 1.26 bits per heavy atom. The first-order chi connectivity index (χ1) is 19.8. The van der Waals surface area contributed by atoms with E-state index in [2.05, 4.69) is 92.0 Å². The van der Waals surface area contributed by atoms with E-state index in [4.69, 9.17) is 27.8 Å². The molecule has 8 heteroatoms. The fourth-order valence-corrected chi connectivity index (χ4v) is 6.46. The summed E-state index contributed by atoms with van der Waals surface area (Å²) in [5.41, 5.74) is 2.21. The summed E-state index contributed by atoms with van der Waals surface area (Å²) in [6, 6.07) is 20.5. The molecule has 4 atom stereocenters. The van der Waals surface area contributed by atoms with Gasteiger partial charge in [0.05, 0.1) is 26.4 Å². The van der Waals surface area contributed by atoms with Gasteiger partial charge < -0.3 is 27.8 Å². The summed E-state index contributed by atoms with van der Waals surface area (Å²) in [5, 5.41) is 0.141. The SMILES string of the molecule is CC1(C)O[C@@H]([C@H](CO[Si](C)(C)C(C)(C)C)OCc2ccccc2)[C@H]([C@H](CO[Si](C)(C)C(C)(C)C)OCc2ccccc2)O1. The summed E-state index contributed by atoms with van der Waals surface area (Å²) in [7, 11) is -4.12. The van der Waals surface area contributed by atoms with Crippen LogP contribution in [-0.2, 0) is 41.0 Å². The van der Waals surface area contributed by atoms with E-state index in [1.165, 1.54) is 0 Å². The van der Waals surface area contributed by atoms with Gasteiger partial charge in [-0.05, 0) is 61.2 Å². The van der Waals surface area contributed by atoms with Crippen LogP contribution in [0.5, 0.6) is 0 Å². The summed E-state index contributed by atoms with van der Waals surface area (Å²) in [6.45, 7) is 28.3. The predicted molar refractivity (Wildman–Crippen MR) is 180 cm³/mol. The van der Waals surface area contributed by atoms with Crippen LogP contribution in [0.4, 0.5) is 0 Å². The molecule has 0 N–H and O–H groups in total. The zero-order valence-electron chi connectivity index (χ0n) is 28.9. The van der Waals surface area contributed by atoms with Crippen molar-refractivity contribution in [1.82, 2.24) is 0 Å². The molecule has 2 aromatic rings. The van der Waals surface area contributed by atoms with Crippen LogP contribution in [-0.4, -0.2) is 60.1 Å². The lowest BCUT2D eigenvalue weighted by atomic mass is 10.0. The average molecular weight is 631 g/mol. The van der Waals surface area contributed by atoms with Crippen LogP contribution in [0.2, 0.25) is 36.3 Å². The molecule has 6 nitrogen and oxygen atoms in total. The van der Waals surface area contributed by atoms with Gasteiger partial charge >= 0.3 is 0 Å². The van der Waals surface area contributed by atoms with Gasteiger partial charge in [-0.2, -0.15) is 0 Å². The van der Waals surface area contributed by atoms with Gasteiger partial charge in [0.15, 0.2) is 22.4 Å². The monoisotopic (exact) mass is 630 g/mol. The Bertz CT molecular complexity index is 1020. The third kappa shape index (κ3) is 10.3. The molecular formula is C35H58O6Si2. The Morgan fingerprint density at radius 1 is 0.628 bits per heavy atom. The highest BCUT2D eigenvalue weighted by Gasteiger charge is 2.51. The van der Waals surface area contributed by atoms with E-state index < -0.39 is 34.6 Å². The highest BCUT2D eigenvalue weighted by atomic mass is 28.4. The Morgan fingerprint density at radius 2 is 0.953 bits per heavy atom. The van der Waals surface area contributed by atoms with Crippen molar-refractivity contribution in [2.45, 2.75) is 135 Å². The van der Waals surface area contributed by atoms with Gasteiger partial charge in [-0.25, -0.2) is 0 Å². The average Bonchev–Trinajstić information content (AvgIpc) is 3.23. The molecule has 0 aromatic heterocycles. The number of benzene rings is 2. The maximum Gasteiger partial charge on any atom is 0.192 e. The van der Waals surface area contributed by atoms with Crippen molar-refractivity contribution in [1.29, 1.82) is 0 Å². The second-order valence-electron chi connectivity index (χ2n) is 15.4. The number of hydrogen-bond acceptors (Lipinski definition) is 6. The maximum atomic E-state index is 6.75. The van der Waals surface area contributed by atoms with Crippen LogP contribution < -0.4 is 0 Å². The van der Waals surface area contributed by atoms with Crippen LogP contribution >= 0.6 is 0 Å². The van der Waals surface area contributed by atoms with Crippen molar-refractivity contribution in [3.05, 3.63) is 71.8 Å². The zero-order chi connectivity index (χ0) is 32.1. The van der Waals surface area contributed by atoms with Crippen LogP contribution in [0.25, 0.3) is 0 Å².